The third-order valence-corrected chi connectivity index (χ3v) is 7.43. The van der Waals surface area contributed by atoms with E-state index in [-0.39, 0.29) is 16.8 Å². The van der Waals surface area contributed by atoms with E-state index in [0.29, 0.717) is 37.1 Å². The van der Waals surface area contributed by atoms with Crippen molar-refractivity contribution in [3.8, 4) is 0 Å². The van der Waals surface area contributed by atoms with E-state index in [2.05, 4.69) is 10.3 Å². The van der Waals surface area contributed by atoms with Gasteiger partial charge in [-0.05, 0) is 26.0 Å². The van der Waals surface area contributed by atoms with E-state index in [0.717, 1.165) is 18.2 Å². The van der Waals surface area contributed by atoms with Crippen LogP contribution in [-0.2, 0) is 14.6 Å². The summed E-state index contributed by atoms with van der Waals surface area (Å²) < 4.78 is 61.0. The zero-order valence-corrected chi connectivity index (χ0v) is 17.6. The number of morpholine rings is 1. The van der Waals surface area contributed by atoms with Gasteiger partial charge in [-0.2, -0.15) is 0 Å². The van der Waals surface area contributed by atoms with E-state index in [4.69, 9.17) is 10.5 Å². The topological polar surface area (TPSA) is 100 Å². The van der Waals surface area contributed by atoms with E-state index in [1.165, 1.54) is 0 Å². The molecule has 3 heterocycles. The number of likely N-dealkylation sites (N-methyl/N-ethyl adjacent to an activating group) is 1. The fourth-order valence-electron chi connectivity index (χ4n) is 3.97. The van der Waals surface area contributed by atoms with E-state index in [1.807, 2.05) is 11.8 Å². The number of fused-ring (bicyclic) bond motifs is 1. The molecule has 4 rings (SSSR count). The molecule has 0 radical (unpaired) electrons. The van der Waals surface area contributed by atoms with Crippen LogP contribution in [0.25, 0.3) is 0 Å². The minimum atomic E-state index is -4.57. The van der Waals surface area contributed by atoms with Gasteiger partial charge in [-0.25, -0.2) is 22.2 Å². The number of nitrogens with two attached hydrogens (primary N) is 1. The first-order valence-electron chi connectivity index (χ1n) is 9.47. The largest absolute Gasteiger partial charge is 0.384 e. The third-order valence-electron chi connectivity index (χ3n) is 5.48. The molecule has 0 amide bonds. The van der Waals surface area contributed by atoms with Gasteiger partial charge in [0.15, 0.2) is 5.82 Å². The standard InChI is InChI=1S/C19H23F2N5O3S/c1-10-9-26(7-8-29-10)19-14-15(25(3)11(2)23-19)17(18(22)24-14)30(27,28)16-12(20)5-4-6-13(16)21/h4-6,10,15,24H,7-9,22H2,1-3H3. The Morgan fingerprint density at radius 2 is 1.97 bits per heavy atom. The lowest BCUT2D eigenvalue weighted by Crippen LogP contribution is -2.47. The van der Waals surface area contributed by atoms with Crippen LogP contribution < -0.4 is 11.1 Å². The summed E-state index contributed by atoms with van der Waals surface area (Å²) in [5.74, 6) is -1.41. The zero-order valence-electron chi connectivity index (χ0n) is 16.8. The molecule has 3 aliphatic heterocycles. The molecule has 0 aromatic heterocycles. The van der Waals surface area contributed by atoms with Gasteiger partial charge in [-0.3, -0.25) is 0 Å². The molecule has 1 aromatic rings. The van der Waals surface area contributed by atoms with Crippen LogP contribution in [0.2, 0.25) is 0 Å². The third kappa shape index (κ3) is 3.12. The molecule has 8 nitrogen and oxygen atoms in total. The number of hydrogen-bond donors (Lipinski definition) is 2. The second-order valence-corrected chi connectivity index (χ2v) is 9.35. The number of halogens is 2. The van der Waals surface area contributed by atoms with Crippen LogP contribution in [0.5, 0.6) is 0 Å². The number of aliphatic imine (C=N–C) groups is 1. The minimum Gasteiger partial charge on any atom is -0.384 e. The van der Waals surface area contributed by atoms with Gasteiger partial charge < -0.3 is 25.6 Å². The molecular formula is C19H23F2N5O3S. The van der Waals surface area contributed by atoms with Gasteiger partial charge in [0, 0.05) is 20.1 Å². The first-order chi connectivity index (χ1) is 14.1. The van der Waals surface area contributed by atoms with E-state index in [9.17, 15) is 17.2 Å². The van der Waals surface area contributed by atoms with Crippen LogP contribution in [0, 0.1) is 11.6 Å². The SMILES string of the molecule is CC1=NC(N2CCOC(C)C2)=C2NC(N)=C(S(=O)(=O)c3c(F)cccc3F)C2N1C. The zero-order chi connectivity index (χ0) is 21.8. The van der Waals surface area contributed by atoms with Gasteiger partial charge >= 0.3 is 0 Å². The summed E-state index contributed by atoms with van der Waals surface area (Å²) in [4.78, 5) is 6.94. The summed E-state index contributed by atoms with van der Waals surface area (Å²) in [6, 6.07) is 2.05. The Morgan fingerprint density at radius 3 is 2.60 bits per heavy atom. The first kappa shape index (κ1) is 20.6. The molecule has 30 heavy (non-hydrogen) atoms. The lowest BCUT2D eigenvalue weighted by Gasteiger charge is -2.39. The molecule has 1 aromatic carbocycles. The van der Waals surface area contributed by atoms with Gasteiger partial charge in [0.25, 0.3) is 0 Å². The predicted molar refractivity (Wildman–Crippen MR) is 107 cm³/mol. The molecule has 0 saturated carbocycles. The molecule has 162 valence electrons. The molecule has 2 unspecified atom stereocenters. The molecule has 1 fully saturated rings. The number of nitrogens with one attached hydrogen (secondary N) is 1. The van der Waals surface area contributed by atoms with Crippen molar-refractivity contribution in [3.05, 3.63) is 52.1 Å². The minimum absolute atomic E-state index is 0.0251. The van der Waals surface area contributed by atoms with Crippen LogP contribution in [0.15, 0.2) is 50.3 Å². The number of benzene rings is 1. The van der Waals surface area contributed by atoms with Crippen molar-refractivity contribution in [3.63, 3.8) is 0 Å². The van der Waals surface area contributed by atoms with Crippen LogP contribution >= 0.6 is 0 Å². The number of hydrogen-bond acceptors (Lipinski definition) is 8. The number of ether oxygens (including phenoxy) is 1. The van der Waals surface area contributed by atoms with E-state index in [1.54, 1.807) is 18.9 Å². The highest BCUT2D eigenvalue weighted by Gasteiger charge is 2.46. The molecule has 0 bridgehead atoms. The lowest BCUT2D eigenvalue weighted by molar-refractivity contribution is -0.00716. The predicted octanol–water partition coefficient (Wildman–Crippen LogP) is 1.09. The number of amidine groups is 1. The van der Waals surface area contributed by atoms with Crippen molar-refractivity contribution >= 4 is 15.7 Å². The van der Waals surface area contributed by atoms with Crippen molar-refractivity contribution in [1.82, 2.24) is 15.1 Å². The molecule has 0 aliphatic carbocycles. The maximum absolute atomic E-state index is 14.4. The van der Waals surface area contributed by atoms with Crippen LogP contribution in [-0.4, -0.2) is 62.9 Å². The molecule has 3 N–H and O–H groups in total. The second-order valence-electron chi connectivity index (χ2n) is 7.49. The average molecular weight is 439 g/mol. The highest BCUT2D eigenvalue weighted by molar-refractivity contribution is 7.95. The van der Waals surface area contributed by atoms with Crippen molar-refractivity contribution < 1.29 is 21.9 Å². The van der Waals surface area contributed by atoms with Crippen LogP contribution in [0.3, 0.4) is 0 Å². The summed E-state index contributed by atoms with van der Waals surface area (Å²) in [5, 5.41) is 2.92. The second kappa shape index (κ2) is 7.24. The molecule has 0 spiro atoms. The fourth-order valence-corrected chi connectivity index (χ4v) is 5.75. The summed E-state index contributed by atoms with van der Waals surface area (Å²) in [7, 11) is -2.91. The highest BCUT2D eigenvalue weighted by atomic mass is 32.2. The Hall–Kier alpha value is -2.66. The quantitative estimate of drug-likeness (QED) is 0.727. The Bertz CT molecular complexity index is 1080. The van der Waals surface area contributed by atoms with Gasteiger partial charge in [-0.15, -0.1) is 0 Å². The molecule has 2 atom stereocenters. The summed E-state index contributed by atoms with van der Waals surface area (Å²) in [6.07, 6.45) is -0.0251. The summed E-state index contributed by atoms with van der Waals surface area (Å²) >= 11 is 0. The first-order valence-corrected chi connectivity index (χ1v) is 11.0. The number of sulfone groups is 1. The Kier molecular flexibility index (Phi) is 4.97. The number of rotatable bonds is 3. The maximum atomic E-state index is 14.4. The maximum Gasteiger partial charge on any atom is 0.214 e. The molecular weight excluding hydrogens is 416 g/mol. The smallest absolute Gasteiger partial charge is 0.214 e. The van der Waals surface area contributed by atoms with Crippen LogP contribution in [0.4, 0.5) is 8.78 Å². The molecule has 11 heteroatoms. The summed E-state index contributed by atoms with van der Waals surface area (Å²) in [5.41, 5.74) is 6.54. The fraction of sp³-hybridized carbons (Fsp3) is 0.421. The van der Waals surface area contributed by atoms with Gasteiger partial charge in [0.05, 0.1) is 18.4 Å². The van der Waals surface area contributed by atoms with Crippen molar-refractivity contribution in [2.24, 2.45) is 10.7 Å². The van der Waals surface area contributed by atoms with Gasteiger partial charge in [0.1, 0.15) is 39.1 Å². The van der Waals surface area contributed by atoms with Crippen molar-refractivity contribution in [1.29, 1.82) is 0 Å². The van der Waals surface area contributed by atoms with Gasteiger partial charge in [-0.1, -0.05) is 6.07 Å². The average Bonchev–Trinajstić information content (AvgIpc) is 3.02. The Balaban J connectivity index is 1.84. The normalized spacial score (nSPS) is 24.8. The van der Waals surface area contributed by atoms with Crippen molar-refractivity contribution in [2.75, 3.05) is 26.7 Å². The van der Waals surface area contributed by atoms with Crippen LogP contribution in [0.1, 0.15) is 13.8 Å². The lowest BCUT2D eigenvalue weighted by atomic mass is 10.1. The van der Waals surface area contributed by atoms with E-state index >= 15 is 0 Å². The van der Waals surface area contributed by atoms with E-state index < -0.39 is 32.4 Å². The number of nitrogens with zero attached hydrogens (tertiary/aromatic N) is 3. The van der Waals surface area contributed by atoms with Gasteiger partial charge in [0.2, 0.25) is 9.84 Å². The van der Waals surface area contributed by atoms with Crippen molar-refractivity contribution in [2.45, 2.75) is 30.9 Å². The highest BCUT2D eigenvalue weighted by Crippen LogP contribution is 2.38. The summed E-state index contributed by atoms with van der Waals surface area (Å²) in [6.45, 7) is 5.32. The molecule has 3 aliphatic rings. The monoisotopic (exact) mass is 439 g/mol. The Morgan fingerprint density at radius 1 is 1.30 bits per heavy atom. The molecule has 1 saturated heterocycles. The Labute approximate surface area is 173 Å².